The van der Waals surface area contributed by atoms with Crippen molar-refractivity contribution in [3.8, 4) is 0 Å². The maximum absolute atomic E-state index is 13.3. The van der Waals surface area contributed by atoms with E-state index >= 15 is 0 Å². The summed E-state index contributed by atoms with van der Waals surface area (Å²) < 4.78 is 20.3. The molecule has 0 aliphatic heterocycles. The summed E-state index contributed by atoms with van der Waals surface area (Å²) in [6, 6.07) is 12.2. The zero-order valence-electron chi connectivity index (χ0n) is 16.6. The van der Waals surface area contributed by atoms with Gasteiger partial charge in [0, 0.05) is 17.7 Å². The van der Waals surface area contributed by atoms with Gasteiger partial charge >= 0.3 is 0 Å². The first kappa shape index (κ1) is 20.9. The highest BCUT2D eigenvalue weighted by atomic mass is 32.1. The fraction of sp³-hybridized carbons (Fsp3) is 0.261. The molecule has 2 heterocycles. The van der Waals surface area contributed by atoms with E-state index in [2.05, 4.69) is 25.8 Å². The zero-order chi connectivity index (χ0) is 21.0. The Bertz CT molecular complexity index is 989. The number of aromatic nitrogens is 1. The first-order valence-electron chi connectivity index (χ1n) is 9.30. The summed E-state index contributed by atoms with van der Waals surface area (Å²) in [5.74, 6) is 0.0190. The Morgan fingerprint density at radius 2 is 1.79 bits per heavy atom. The molecule has 0 spiro atoms. The molecule has 29 heavy (non-hydrogen) atoms. The summed E-state index contributed by atoms with van der Waals surface area (Å²) >= 11 is 5.51. The molecule has 2 aromatic heterocycles. The van der Waals surface area contributed by atoms with Crippen molar-refractivity contribution in [3.63, 3.8) is 0 Å². The highest BCUT2D eigenvalue weighted by Crippen LogP contribution is 2.21. The van der Waals surface area contributed by atoms with E-state index in [-0.39, 0.29) is 22.8 Å². The van der Waals surface area contributed by atoms with Gasteiger partial charge in [0.15, 0.2) is 12.4 Å². The second-order valence-corrected chi connectivity index (χ2v) is 8.21. The highest BCUT2D eigenvalue weighted by molar-refractivity contribution is 7.77. The first-order valence-corrected chi connectivity index (χ1v) is 9.71. The number of rotatable bonds is 6. The largest absolute Gasteiger partial charge is 0.758 e. The third-order valence-electron chi connectivity index (χ3n) is 4.60. The van der Waals surface area contributed by atoms with E-state index in [1.165, 1.54) is 24.3 Å². The summed E-state index contributed by atoms with van der Waals surface area (Å²) in [5, 5.41) is 0.240. The fourth-order valence-corrected chi connectivity index (χ4v) is 3.20. The number of pyridine rings is 1. The van der Waals surface area contributed by atoms with Gasteiger partial charge < -0.3 is 22.0 Å². The van der Waals surface area contributed by atoms with Crippen LogP contribution >= 0.6 is 0 Å². The predicted octanol–water partition coefficient (Wildman–Crippen LogP) is 4.57. The van der Waals surface area contributed by atoms with Crippen LogP contribution in [0.2, 0.25) is 0 Å². The molecule has 0 saturated heterocycles. The number of furan rings is 1. The molecule has 0 saturated carbocycles. The standard InChI is InChI=1S/C23H23FN2O2S/c1-23(2,3)17-10-12-26(13-11-17)20(21(27)16-6-8-18(24)9-7-16)22(29)25-15-19-5-4-14-28-19/h4-14,20H,15H2,1-3H3/t20-/m1/s1. The van der Waals surface area contributed by atoms with E-state index < -0.39 is 11.9 Å². The molecule has 3 aromatic rings. The van der Waals surface area contributed by atoms with Crippen molar-refractivity contribution in [1.29, 1.82) is 0 Å². The van der Waals surface area contributed by atoms with Crippen LogP contribution in [0.15, 0.2) is 76.6 Å². The number of benzene rings is 1. The second-order valence-electron chi connectivity index (χ2n) is 7.79. The van der Waals surface area contributed by atoms with Gasteiger partial charge in [-0.1, -0.05) is 20.8 Å². The van der Waals surface area contributed by atoms with E-state index in [0.717, 1.165) is 5.56 Å². The zero-order valence-corrected chi connectivity index (χ0v) is 17.4. The number of hydrogen-bond acceptors (Lipinski definition) is 4. The van der Waals surface area contributed by atoms with Crippen molar-refractivity contribution in [2.24, 2.45) is 4.99 Å². The lowest BCUT2D eigenvalue weighted by molar-refractivity contribution is -0.692. The number of halogens is 1. The summed E-state index contributed by atoms with van der Waals surface area (Å²) in [5.41, 5.74) is 1.50. The van der Waals surface area contributed by atoms with Gasteiger partial charge in [-0.25, -0.2) is 4.39 Å². The van der Waals surface area contributed by atoms with E-state index in [4.69, 9.17) is 17.0 Å². The molecule has 0 bridgehead atoms. The van der Waals surface area contributed by atoms with E-state index in [0.29, 0.717) is 11.3 Å². The summed E-state index contributed by atoms with van der Waals surface area (Å²) in [4.78, 5) is 17.6. The molecular weight excluding hydrogens is 387 g/mol. The SMILES string of the molecule is CC(C)(C)c1cc[n+]([C@H](C(=O)c2ccc(F)cc2)C([S-])=NCc2ccco2)cc1. The monoisotopic (exact) mass is 410 g/mol. The maximum Gasteiger partial charge on any atom is 0.237 e. The minimum atomic E-state index is -0.806. The Balaban J connectivity index is 1.97. The molecule has 0 N–H and O–H groups in total. The topological polar surface area (TPSA) is 46.5 Å². The molecule has 0 radical (unpaired) electrons. The number of Topliss-reactive ketones (excluding diaryl/α,β-unsaturated/α-hetero) is 1. The van der Waals surface area contributed by atoms with E-state index in [1.54, 1.807) is 23.0 Å². The summed E-state index contributed by atoms with van der Waals surface area (Å²) in [7, 11) is 0. The van der Waals surface area contributed by atoms with Crippen LogP contribution in [0.1, 0.15) is 48.5 Å². The van der Waals surface area contributed by atoms with Gasteiger partial charge in [-0.2, -0.15) is 4.57 Å². The lowest BCUT2D eigenvalue weighted by Crippen LogP contribution is -2.47. The van der Waals surface area contributed by atoms with Gasteiger partial charge in [0.2, 0.25) is 11.8 Å². The van der Waals surface area contributed by atoms with Crippen molar-refractivity contribution in [3.05, 3.63) is 89.9 Å². The second kappa shape index (κ2) is 8.66. The van der Waals surface area contributed by atoms with Crippen molar-refractivity contribution < 1.29 is 18.2 Å². The maximum atomic E-state index is 13.3. The van der Waals surface area contributed by atoms with Crippen LogP contribution in [0.5, 0.6) is 0 Å². The lowest BCUT2D eigenvalue weighted by Gasteiger charge is -2.21. The predicted molar refractivity (Wildman–Crippen MR) is 112 cm³/mol. The van der Waals surface area contributed by atoms with Gasteiger partial charge in [-0.15, -0.1) is 0 Å². The Morgan fingerprint density at radius 3 is 2.34 bits per heavy atom. The van der Waals surface area contributed by atoms with Gasteiger partial charge in [-0.3, -0.25) is 4.79 Å². The van der Waals surface area contributed by atoms with E-state index in [9.17, 15) is 9.18 Å². The smallest absolute Gasteiger partial charge is 0.237 e. The molecule has 0 fully saturated rings. The number of aliphatic imine (C=N–C) groups is 1. The molecule has 0 aliphatic rings. The average Bonchev–Trinajstić information content (AvgIpc) is 3.20. The third-order valence-corrected chi connectivity index (χ3v) is 4.95. The number of ketones is 1. The Kier molecular flexibility index (Phi) is 6.23. The summed E-state index contributed by atoms with van der Waals surface area (Å²) in [6.45, 7) is 6.62. The lowest BCUT2D eigenvalue weighted by atomic mass is 9.88. The number of nitrogens with zero attached hydrogens (tertiary/aromatic N) is 2. The van der Waals surface area contributed by atoms with Crippen molar-refractivity contribution in [1.82, 2.24) is 0 Å². The highest BCUT2D eigenvalue weighted by Gasteiger charge is 2.29. The minimum Gasteiger partial charge on any atom is -0.758 e. The Labute approximate surface area is 175 Å². The van der Waals surface area contributed by atoms with Crippen LogP contribution in [0, 0.1) is 5.82 Å². The van der Waals surface area contributed by atoms with Gasteiger partial charge in [0.1, 0.15) is 11.6 Å². The van der Waals surface area contributed by atoms with Crippen molar-refractivity contribution in [2.75, 3.05) is 0 Å². The molecule has 6 heteroatoms. The molecule has 1 aromatic carbocycles. The normalized spacial score (nSPS) is 13.3. The van der Waals surface area contributed by atoms with Crippen LogP contribution < -0.4 is 4.57 Å². The molecule has 3 rings (SSSR count). The summed E-state index contributed by atoms with van der Waals surface area (Å²) in [6.07, 6.45) is 5.23. The van der Waals surface area contributed by atoms with Crippen molar-refractivity contribution >= 4 is 23.5 Å². The van der Waals surface area contributed by atoms with Crippen molar-refractivity contribution in [2.45, 2.75) is 38.8 Å². The minimum absolute atomic E-state index is 0.0142. The Morgan fingerprint density at radius 1 is 1.14 bits per heavy atom. The third kappa shape index (κ3) is 5.15. The number of carbonyl (C=O) groups is 1. The molecular formula is C23H23FN2O2S. The van der Waals surface area contributed by atoms with Crippen LogP contribution in [0.3, 0.4) is 0 Å². The first-order chi connectivity index (χ1) is 13.8. The van der Waals surface area contributed by atoms with Gasteiger partial charge in [0.25, 0.3) is 0 Å². The fourth-order valence-electron chi connectivity index (χ4n) is 2.90. The average molecular weight is 411 g/mol. The quantitative estimate of drug-likeness (QED) is 0.197. The number of hydrogen-bond donors (Lipinski definition) is 0. The Hall–Kier alpha value is -2.86. The van der Waals surface area contributed by atoms with Crippen LogP contribution in [-0.2, 0) is 24.6 Å². The molecule has 1 atom stereocenters. The molecule has 4 nitrogen and oxygen atoms in total. The molecule has 0 aliphatic carbocycles. The van der Waals surface area contributed by atoms with Gasteiger partial charge in [-0.05, 0) is 52.4 Å². The van der Waals surface area contributed by atoms with Crippen LogP contribution in [0.4, 0.5) is 4.39 Å². The van der Waals surface area contributed by atoms with Gasteiger partial charge in [0.05, 0.1) is 12.8 Å². The van der Waals surface area contributed by atoms with E-state index in [1.807, 2.05) is 24.5 Å². The number of carbonyl (C=O) groups excluding carboxylic acids is 1. The molecule has 0 amide bonds. The molecule has 150 valence electrons. The van der Waals surface area contributed by atoms with Crippen LogP contribution in [0.25, 0.3) is 0 Å². The molecule has 0 unspecified atom stereocenters. The van der Waals surface area contributed by atoms with Crippen LogP contribution in [-0.4, -0.2) is 10.8 Å².